The summed E-state index contributed by atoms with van der Waals surface area (Å²) in [6.45, 7) is 4.62. The molecule has 1 amide bonds. The number of aliphatic hydroxyl groups excluding tert-OH is 1. The number of carbonyl (C=O) groups excluding carboxylic acids is 1. The van der Waals surface area contributed by atoms with E-state index in [1.165, 1.54) is 0 Å². The molecule has 20 heavy (non-hydrogen) atoms. The van der Waals surface area contributed by atoms with Crippen molar-refractivity contribution in [2.75, 3.05) is 19.7 Å². The molecule has 1 aromatic rings. The van der Waals surface area contributed by atoms with E-state index in [4.69, 9.17) is 4.74 Å². The number of thiol groups is 1. The fourth-order valence-corrected chi connectivity index (χ4v) is 3.25. The molecule has 0 saturated carbocycles. The SMILES string of the molecule is CC1(C)CN(C(=O)c2ccc(Br)cc2S)CC(CO)O1. The molecule has 0 bridgehead atoms. The highest BCUT2D eigenvalue weighted by Gasteiger charge is 2.35. The summed E-state index contributed by atoms with van der Waals surface area (Å²) in [6.07, 6.45) is -0.346. The lowest BCUT2D eigenvalue weighted by atomic mass is 10.0. The largest absolute Gasteiger partial charge is 0.394 e. The number of halogens is 1. The predicted molar refractivity (Wildman–Crippen MR) is 83.3 cm³/mol. The van der Waals surface area contributed by atoms with Crippen LogP contribution in [0.2, 0.25) is 0 Å². The summed E-state index contributed by atoms with van der Waals surface area (Å²) in [5, 5.41) is 9.30. The van der Waals surface area contributed by atoms with E-state index in [2.05, 4.69) is 28.6 Å². The molecule has 0 spiro atoms. The van der Waals surface area contributed by atoms with Crippen molar-refractivity contribution in [2.24, 2.45) is 0 Å². The summed E-state index contributed by atoms with van der Waals surface area (Å²) < 4.78 is 6.60. The van der Waals surface area contributed by atoms with E-state index in [-0.39, 0.29) is 18.6 Å². The van der Waals surface area contributed by atoms with Crippen molar-refractivity contribution in [2.45, 2.75) is 30.4 Å². The Morgan fingerprint density at radius 2 is 2.30 bits per heavy atom. The van der Waals surface area contributed by atoms with E-state index >= 15 is 0 Å². The average Bonchev–Trinajstić information content (AvgIpc) is 2.36. The minimum Gasteiger partial charge on any atom is -0.394 e. The van der Waals surface area contributed by atoms with E-state index in [1.807, 2.05) is 19.9 Å². The zero-order valence-corrected chi connectivity index (χ0v) is 13.9. The highest BCUT2D eigenvalue weighted by molar-refractivity contribution is 9.10. The number of aliphatic hydroxyl groups is 1. The van der Waals surface area contributed by atoms with Crippen LogP contribution in [0.1, 0.15) is 24.2 Å². The lowest BCUT2D eigenvalue weighted by molar-refractivity contribution is -0.139. The molecule has 0 aromatic heterocycles. The number of morpholine rings is 1. The minimum atomic E-state index is -0.465. The molecule has 6 heteroatoms. The topological polar surface area (TPSA) is 49.8 Å². The first-order valence-electron chi connectivity index (χ1n) is 6.39. The Bertz CT molecular complexity index is 521. The van der Waals surface area contributed by atoms with Gasteiger partial charge in [0.25, 0.3) is 5.91 Å². The highest BCUT2D eigenvalue weighted by atomic mass is 79.9. The second-order valence-electron chi connectivity index (χ2n) is 5.53. The van der Waals surface area contributed by atoms with Gasteiger partial charge in [-0.15, -0.1) is 12.6 Å². The average molecular weight is 360 g/mol. The number of hydrogen-bond acceptors (Lipinski definition) is 4. The molecule has 2 rings (SSSR count). The maximum atomic E-state index is 12.6. The second kappa shape index (κ2) is 6.05. The van der Waals surface area contributed by atoms with Crippen molar-refractivity contribution >= 4 is 34.5 Å². The number of nitrogens with zero attached hydrogens (tertiary/aromatic N) is 1. The molecule has 1 aromatic carbocycles. The van der Waals surface area contributed by atoms with Gasteiger partial charge in [-0.3, -0.25) is 4.79 Å². The molecule has 0 aliphatic carbocycles. The molecule has 1 saturated heterocycles. The Morgan fingerprint density at radius 1 is 1.60 bits per heavy atom. The summed E-state index contributed by atoms with van der Waals surface area (Å²) in [5.41, 5.74) is 0.0962. The fourth-order valence-electron chi connectivity index (χ4n) is 2.40. The molecule has 1 aliphatic rings. The maximum Gasteiger partial charge on any atom is 0.255 e. The Hall–Kier alpha value is -0.560. The monoisotopic (exact) mass is 359 g/mol. The van der Waals surface area contributed by atoms with Crippen molar-refractivity contribution in [3.8, 4) is 0 Å². The van der Waals surface area contributed by atoms with Crippen LogP contribution in [0.4, 0.5) is 0 Å². The standard InChI is InChI=1S/C14H18BrNO3S/c1-14(2)8-16(6-10(7-17)19-14)13(18)11-4-3-9(15)5-12(11)20/h3-5,10,17,20H,6-8H2,1-2H3. The van der Waals surface area contributed by atoms with Gasteiger partial charge in [-0.25, -0.2) is 0 Å². The fraction of sp³-hybridized carbons (Fsp3) is 0.500. The molecule has 4 nitrogen and oxygen atoms in total. The van der Waals surface area contributed by atoms with Gasteiger partial charge in [0.05, 0.1) is 23.9 Å². The quantitative estimate of drug-likeness (QED) is 0.796. The van der Waals surface area contributed by atoms with Crippen LogP contribution in [0.5, 0.6) is 0 Å². The van der Waals surface area contributed by atoms with E-state index in [1.54, 1.807) is 17.0 Å². The lowest BCUT2D eigenvalue weighted by Crippen LogP contribution is -2.55. The number of ether oxygens (including phenoxy) is 1. The van der Waals surface area contributed by atoms with Gasteiger partial charge in [-0.1, -0.05) is 15.9 Å². The van der Waals surface area contributed by atoms with Gasteiger partial charge in [0.2, 0.25) is 0 Å². The molecular formula is C14H18BrNO3S. The summed E-state index contributed by atoms with van der Waals surface area (Å²) in [6, 6.07) is 5.37. The van der Waals surface area contributed by atoms with Crippen molar-refractivity contribution < 1.29 is 14.6 Å². The zero-order valence-electron chi connectivity index (χ0n) is 11.5. The summed E-state index contributed by atoms with van der Waals surface area (Å²) >= 11 is 7.71. The van der Waals surface area contributed by atoms with Gasteiger partial charge in [-0.05, 0) is 32.0 Å². The van der Waals surface area contributed by atoms with Crippen molar-refractivity contribution in [3.05, 3.63) is 28.2 Å². The Labute approximate surface area is 132 Å². The molecule has 1 aliphatic heterocycles. The maximum absolute atomic E-state index is 12.6. The molecule has 110 valence electrons. The second-order valence-corrected chi connectivity index (χ2v) is 6.93. The van der Waals surface area contributed by atoms with Gasteiger partial charge in [0, 0.05) is 22.5 Å². The van der Waals surface area contributed by atoms with Crippen LogP contribution in [0.3, 0.4) is 0 Å². The van der Waals surface area contributed by atoms with Crippen LogP contribution >= 0.6 is 28.6 Å². The predicted octanol–water partition coefficient (Wildman–Crippen LogP) is 2.35. The van der Waals surface area contributed by atoms with Gasteiger partial charge in [0.15, 0.2) is 0 Å². The van der Waals surface area contributed by atoms with E-state index in [9.17, 15) is 9.90 Å². The summed E-state index contributed by atoms with van der Waals surface area (Å²) in [4.78, 5) is 15.0. The number of rotatable bonds is 2. The Kier molecular flexibility index (Phi) is 4.79. The molecule has 1 atom stereocenters. The normalized spacial score (nSPS) is 21.9. The van der Waals surface area contributed by atoms with Crippen LogP contribution in [-0.4, -0.2) is 47.3 Å². The summed E-state index contributed by atoms with van der Waals surface area (Å²) in [5.74, 6) is -0.0858. The molecule has 0 radical (unpaired) electrons. The van der Waals surface area contributed by atoms with E-state index < -0.39 is 5.60 Å². The zero-order chi connectivity index (χ0) is 14.9. The molecule has 1 unspecified atom stereocenters. The first-order valence-corrected chi connectivity index (χ1v) is 7.63. The minimum absolute atomic E-state index is 0.0858. The molecule has 1 fully saturated rings. The lowest BCUT2D eigenvalue weighted by Gasteiger charge is -2.42. The Morgan fingerprint density at radius 3 is 2.90 bits per heavy atom. The number of hydrogen-bond donors (Lipinski definition) is 2. The third-order valence-corrected chi connectivity index (χ3v) is 4.03. The smallest absolute Gasteiger partial charge is 0.255 e. The number of amides is 1. The van der Waals surface area contributed by atoms with Gasteiger partial charge in [-0.2, -0.15) is 0 Å². The van der Waals surface area contributed by atoms with Crippen LogP contribution in [0.15, 0.2) is 27.6 Å². The van der Waals surface area contributed by atoms with Crippen LogP contribution in [0, 0.1) is 0 Å². The first-order chi connectivity index (χ1) is 9.32. The third kappa shape index (κ3) is 3.55. The van der Waals surface area contributed by atoms with E-state index in [0.29, 0.717) is 23.5 Å². The highest BCUT2D eigenvalue weighted by Crippen LogP contribution is 2.25. The van der Waals surface area contributed by atoms with Crippen LogP contribution in [0.25, 0.3) is 0 Å². The van der Waals surface area contributed by atoms with Gasteiger partial charge >= 0.3 is 0 Å². The van der Waals surface area contributed by atoms with Crippen LogP contribution < -0.4 is 0 Å². The van der Waals surface area contributed by atoms with E-state index in [0.717, 1.165) is 4.47 Å². The van der Waals surface area contributed by atoms with Crippen molar-refractivity contribution in [1.29, 1.82) is 0 Å². The molecule has 1 N–H and O–H groups in total. The first kappa shape index (κ1) is 15.8. The van der Waals surface area contributed by atoms with Crippen molar-refractivity contribution in [3.63, 3.8) is 0 Å². The number of benzene rings is 1. The summed E-state index contributed by atoms with van der Waals surface area (Å²) in [7, 11) is 0. The van der Waals surface area contributed by atoms with Crippen LogP contribution in [-0.2, 0) is 4.74 Å². The third-order valence-electron chi connectivity index (χ3n) is 3.16. The molecule has 1 heterocycles. The number of carbonyl (C=O) groups is 1. The van der Waals surface area contributed by atoms with Gasteiger partial charge in [0.1, 0.15) is 0 Å². The Balaban J connectivity index is 2.23. The van der Waals surface area contributed by atoms with Crippen molar-refractivity contribution in [1.82, 2.24) is 4.90 Å². The molecular weight excluding hydrogens is 342 g/mol. The van der Waals surface area contributed by atoms with Gasteiger partial charge < -0.3 is 14.7 Å².